The van der Waals surface area contributed by atoms with E-state index in [1.54, 1.807) is 27.9 Å². The van der Waals surface area contributed by atoms with Gasteiger partial charge in [0.15, 0.2) is 0 Å². The van der Waals surface area contributed by atoms with Gasteiger partial charge in [0.05, 0.1) is 25.3 Å². The minimum Gasteiger partial charge on any atom is -0.507 e. The van der Waals surface area contributed by atoms with Crippen molar-refractivity contribution in [3.05, 3.63) is 110 Å². The van der Waals surface area contributed by atoms with Crippen molar-refractivity contribution in [1.82, 2.24) is 15.1 Å². The number of carbonyl (C=O) groups excluding carboxylic acids is 4. The summed E-state index contributed by atoms with van der Waals surface area (Å²) >= 11 is 1.50. The predicted octanol–water partition coefficient (Wildman–Crippen LogP) is 6.82. The van der Waals surface area contributed by atoms with Gasteiger partial charge < -0.3 is 24.6 Å². The van der Waals surface area contributed by atoms with Gasteiger partial charge in [-0.25, -0.2) is 9.59 Å². The lowest BCUT2D eigenvalue weighted by Gasteiger charge is -2.60. The van der Waals surface area contributed by atoms with Gasteiger partial charge in [-0.05, 0) is 106 Å². The van der Waals surface area contributed by atoms with Crippen LogP contribution in [0.15, 0.2) is 77.1 Å². The van der Waals surface area contributed by atoms with E-state index in [2.05, 4.69) is 46.6 Å². The molecule has 1 fully saturated rings. The van der Waals surface area contributed by atoms with Crippen LogP contribution in [0.25, 0.3) is 11.1 Å². The number of fused-ring (bicyclic) bond motifs is 9. The van der Waals surface area contributed by atoms with Crippen molar-refractivity contribution in [2.75, 3.05) is 32.3 Å². The summed E-state index contributed by atoms with van der Waals surface area (Å²) in [6, 6.07) is 17.1. The Morgan fingerprint density at radius 1 is 1.00 bits per heavy atom. The third-order valence-corrected chi connectivity index (χ3v) is 14.2. The number of carbonyl (C=O) groups is 4. The summed E-state index contributed by atoms with van der Waals surface area (Å²) in [4.78, 5) is 59.2. The highest BCUT2D eigenvalue weighted by molar-refractivity contribution is 7.99. The molecule has 0 spiro atoms. The largest absolute Gasteiger partial charge is 0.507 e. The van der Waals surface area contributed by atoms with Gasteiger partial charge in [-0.1, -0.05) is 54.6 Å². The van der Waals surface area contributed by atoms with E-state index < -0.39 is 60.0 Å². The molecule has 2 aliphatic carbocycles. The van der Waals surface area contributed by atoms with Crippen LogP contribution in [-0.4, -0.2) is 107 Å². The van der Waals surface area contributed by atoms with Gasteiger partial charge in [0, 0.05) is 46.2 Å². The van der Waals surface area contributed by atoms with Crippen LogP contribution in [0.4, 0.5) is 4.79 Å². The van der Waals surface area contributed by atoms with Gasteiger partial charge in [-0.15, -0.1) is 0 Å². The van der Waals surface area contributed by atoms with E-state index in [-0.39, 0.29) is 47.1 Å². The second-order valence-corrected chi connectivity index (χ2v) is 18.8. The van der Waals surface area contributed by atoms with Crippen molar-refractivity contribution in [1.29, 1.82) is 5.26 Å². The van der Waals surface area contributed by atoms with Crippen LogP contribution < -0.4 is 10.1 Å². The first kappa shape index (κ1) is 42.3. The average molecular weight is 845 g/mol. The van der Waals surface area contributed by atoms with Crippen LogP contribution in [-0.2, 0) is 30.3 Å². The molecule has 318 valence electrons. The Hall–Kier alpha value is -5.42. The minimum atomic E-state index is -1.15. The number of ketones is 2. The first-order valence-corrected chi connectivity index (χ1v) is 21.9. The first-order chi connectivity index (χ1) is 29.1. The lowest BCUT2D eigenvalue weighted by Crippen LogP contribution is -2.70. The lowest BCUT2D eigenvalue weighted by molar-refractivity contribution is -0.150. The molecule has 0 saturated carbocycles. The smallest absolute Gasteiger partial charge is 0.408 e. The van der Waals surface area contributed by atoms with Gasteiger partial charge >= 0.3 is 12.1 Å². The maximum atomic E-state index is 14.4. The number of aliphatic hydroxyl groups is 1. The molecule has 6 atom stereocenters. The quantitative estimate of drug-likeness (QED) is 0.132. The number of methoxy groups -OCH3 is 1. The van der Waals surface area contributed by atoms with Crippen molar-refractivity contribution in [3.8, 4) is 22.9 Å². The normalized spacial score (nSPS) is 23.9. The number of benzene rings is 3. The molecule has 2 N–H and O–H groups in total. The number of aryl methyl sites for hydroxylation is 1. The van der Waals surface area contributed by atoms with Crippen molar-refractivity contribution < 1.29 is 38.5 Å². The van der Waals surface area contributed by atoms with Crippen molar-refractivity contribution >= 4 is 35.4 Å². The molecule has 2 bridgehead atoms. The number of thioether (sulfide) groups is 1. The zero-order chi connectivity index (χ0) is 43.7. The van der Waals surface area contributed by atoms with Gasteiger partial charge in [0.1, 0.15) is 35.8 Å². The average Bonchev–Trinajstić information content (AvgIpc) is 3.53. The molecule has 3 aromatic rings. The number of nitrogens with one attached hydrogen (secondary N) is 1. The fourth-order valence-electron chi connectivity index (χ4n) is 10.5. The molecule has 3 aromatic carbocycles. The molecule has 1 saturated heterocycles. The van der Waals surface area contributed by atoms with Crippen LogP contribution in [0.3, 0.4) is 0 Å². The van der Waals surface area contributed by atoms with E-state index in [9.17, 15) is 29.5 Å². The monoisotopic (exact) mass is 844 g/mol. The number of allylic oxidation sites excluding steroid dienone is 2. The predicted molar refractivity (Wildman–Crippen MR) is 231 cm³/mol. The van der Waals surface area contributed by atoms with E-state index in [0.29, 0.717) is 17.7 Å². The molecular formula is C48H52N4O8S. The van der Waals surface area contributed by atoms with Gasteiger partial charge in [0.25, 0.3) is 0 Å². The highest BCUT2D eigenvalue weighted by atomic mass is 32.2. The number of Topliss-reactive ketones (excluding diaryl/α,β-unsaturated/α-hetero) is 2. The van der Waals surface area contributed by atoms with E-state index in [1.807, 2.05) is 50.1 Å². The van der Waals surface area contributed by atoms with Crippen LogP contribution in [0, 0.1) is 25.2 Å². The minimum absolute atomic E-state index is 0.0306. The summed E-state index contributed by atoms with van der Waals surface area (Å²) in [5.41, 5.74) is 8.32. The molecule has 61 heavy (non-hydrogen) atoms. The van der Waals surface area contributed by atoms with Crippen molar-refractivity contribution in [2.24, 2.45) is 0 Å². The maximum absolute atomic E-state index is 14.4. The molecule has 0 radical (unpaired) electrons. The number of rotatable bonds is 9. The second-order valence-electron chi connectivity index (χ2n) is 17.7. The van der Waals surface area contributed by atoms with Crippen LogP contribution in [0.5, 0.6) is 5.75 Å². The number of piperazine rings is 1. The number of aliphatic hydroxyl groups excluding tert-OH is 1. The standard InChI is InChI=1S/C48H52N4O8S/c1-24-17-27-18-35-37(20-49)52-36(41(51(35)7)39(27)25(2)45(24)58-8)19-32-40(44(55)43(54)26(3)42(32)53)38(52)21-59-46(56)34(50-47(57)60-48(4,5)6)23-61-22-33-30-15-11-9-13-28(30)29-14-10-12-16-31(29)33/h9-17,33-38,41,53H,18-19,21-23H2,1-8H3,(H,50,57)/t34-,35-,36+,37+,38+,41-/m1/s1. The zero-order valence-electron chi connectivity index (χ0n) is 35.8. The number of hydrogen-bond acceptors (Lipinski definition) is 12. The summed E-state index contributed by atoms with van der Waals surface area (Å²) in [5.74, 6) is -1.06. The summed E-state index contributed by atoms with van der Waals surface area (Å²) in [5, 5.41) is 25.3. The van der Waals surface area contributed by atoms with E-state index in [0.717, 1.165) is 28.0 Å². The lowest BCUT2D eigenvalue weighted by atomic mass is 9.69. The van der Waals surface area contributed by atoms with Gasteiger partial charge in [-0.3, -0.25) is 19.4 Å². The van der Waals surface area contributed by atoms with E-state index >= 15 is 0 Å². The van der Waals surface area contributed by atoms with Crippen molar-refractivity contribution in [3.63, 3.8) is 0 Å². The molecular weight excluding hydrogens is 793 g/mol. The fraction of sp³-hybridized carbons (Fsp3) is 0.438. The van der Waals surface area contributed by atoms with Crippen LogP contribution in [0.2, 0.25) is 0 Å². The molecule has 1 amide bonds. The summed E-state index contributed by atoms with van der Waals surface area (Å²) in [6.07, 6.45) is -0.0757. The Morgan fingerprint density at radius 2 is 1.66 bits per heavy atom. The molecule has 13 heteroatoms. The fourth-order valence-corrected chi connectivity index (χ4v) is 11.7. The third kappa shape index (κ3) is 7.22. The number of hydrogen-bond donors (Lipinski definition) is 2. The number of amides is 1. The molecule has 12 nitrogen and oxygen atoms in total. The summed E-state index contributed by atoms with van der Waals surface area (Å²) in [7, 11) is 3.64. The molecule has 8 rings (SSSR count). The Balaban J connectivity index is 1.12. The van der Waals surface area contributed by atoms with Crippen molar-refractivity contribution in [2.45, 2.75) is 102 Å². The molecule has 3 heterocycles. The summed E-state index contributed by atoms with van der Waals surface area (Å²) in [6.45, 7) is 10.2. The van der Waals surface area contributed by atoms with Gasteiger partial charge in [-0.2, -0.15) is 17.0 Å². The maximum Gasteiger partial charge on any atom is 0.408 e. The Bertz CT molecular complexity index is 2420. The number of ether oxygens (including phenoxy) is 3. The number of esters is 1. The molecule has 0 unspecified atom stereocenters. The Labute approximate surface area is 360 Å². The van der Waals surface area contributed by atoms with E-state index in [4.69, 9.17) is 14.2 Å². The number of nitrogens with zero attached hydrogens (tertiary/aromatic N) is 3. The molecule has 5 aliphatic rings. The number of likely N-dealkylation sites (N-methyl/N-ethyl adjacent to an activating group) is 1. The first-order valence-electron chi connectivity index (χ1n) is 20.8. The van der Waals surface area contributed by atoms with E-state index in [1.165, 1.54) is 40.9 Å². The SMILES string of the molecule is COc1c(C)cc2c(c1C)[C@H]1[C@@H]3CC4=C(C(=O)C(=O)C(C)=C4O)[C@H](COC(=O)[C@@H](CSCC4c5ccccc5-c5ccccc54)NC(=O)OC(C)(C)C)N3[C@@H](C#N)[C@@H](C2)N1C. The Kier molecular flexibility index (Phi) is 11.2. The molecule has 0 aromatic heterocycles. The Morgan fingerprint density at radius 3 is 2.28 bits per heavy atom. The number of nitriles is 1. The summed E-state index contributed by atoms with van der Waals surface area (Å²) < 4.78 is 17.6. The number of alkyl carbamates (subject to hydrolysis) is 1. The van der Waals surface area contributed by atoms with Gasteiger partial charge in [0.2, 0.25) is 11.6 Å². The third-order valence-electron chi connectivity index (χ3n) is 13.1. The topological polar surface area (TPSA) is 158 Å². The van der Waals surface area contributed by atoms with Crippen LogP contribution in [0.1, 0.15) is 79.5 Å². The second kappa shape index (κ2) is 16.1. The molecule has 3 aliphatic heterocycles. The zero-order valence-corrected chi connectivity index (χ0v) is 36.6. The highest BCUT2D eigenvalue weighted by Gasteiger charge is 2.57. The highest BCUT2D eigenvalue weighted by Crippen LogP contribution is 2.52. The van der Waals surface area contributed by atoms with Crippen LogP contribution >= 0.6 is 11.8 Å².